The molecule has 2 aromatic rings. The maximum atomic E-state index is 12.1. The van der Waals surface area contributed by atoms with Crippen LogP contribution in [0.4, 0.5) is 0 Å². The molecule has 1 aliphatic heterocycles. The summed E-state index contributed by atoms with van der Waals surface area (Å²) in [4.78, 5) is 24.9. The Morgan fingerprint density at radius 2 is 2.00 bits per heavy atom. The highest BCUT2D eigenvalue weighted by Crippen LogP contribution is 2.16. The number of hydrogen-bond donors (Lipinski definition) is 3. The number of nitrogens with one attached hydrogen (secondary N) is 2. The third kappa shape index (κ3) is 4.19. The molecular weight excluding hydrogens is 318 g/mol. The zero-order chi connectivity index (χ0) is 17.8. The lowest BCUT2D eigenvalue weighted by Crippen LogP contribution is -2.44. The molecule has 7 nitrogen and oxygen atoms in total. The van der Waals surface area contributed by atoms with E-state index in [9.17, 15) is 9.90 Å². The third-order valence-electron chi connectivity index (χ3n) is 3.81. The fourth-order valence-corrected chi connectivity index (χ4v) is 2.71. The van der Waals surface area contributed by atoms with E-state index in [2.05, 4.69) is 39.4 Å². The first kappa shape index (κ1) is 17.0. The summed E-state index contributed by atoms with van der Waals surface area (Å²) < 4.78 is 0. The molecule has 3 rings (SSSR count). The molecule has 1 amide bonds. The van der Waals surface area contributed by atoms with Crippen LogP contribution < -0.4 is 10.6 Å². The Hall–Kier alpha value is -2.80. The van der Waals surface area contributed by atoms with Crippen LogP contribution in [0.1, 0.15) is 25.8 Å². The number of amides is 1. The molecule has 1 unspecified atom stereocenters. The number of aromatic nitrogens is 2. The fourth-order valence-electron chi connectivity index (χ4n) is 2.71. The van der Waals surface area contributed by atoms with Gasteiger partial charge in [-0.25, -0.2) is 4.99 Å². The number of carbonyl (C=O) groups excluding carboxylic acids is 1. The van der Waals surface area contributed by atoms with Gasteiger partial charge in [-0.3, -0.25) is 20.1 Å². The van der Waals surface area contributed by atoms with Crippen molar-refractivity contribution in [1.82, 2.24) is 20.6 Å². The topological polar surface area (TPSA) is 99.5 Å². The summed E-state index contributed by atoms with van der Waals surface area (Å²) in [7, 11) is 0. The van der Waals surface area contributed by atoms with Gasteiger partial charge < -0.3 is 10.4 Å². The van der Waals surface area contributed by atoms with Crippen molar-refractivity contribution in [2.45, 2.75) is 26.3 Å². The molecule has 0 bridgehead atoms. The van der Waals surface area contributed by atoms with E-state index in [0.717, 1.165) is 23.0 Å². The number of fused-ring (bicyclic) bond motifs is 1. The highest BCUT2D eigenvalue weighted by atomic mass is 16.3. The fraction of sp³-hybridized carbons (Fsp3) is 0.333. The van der Waals surface area contributed by atoms with Crippen LogP contribution in [0, 0.1) is 5.92 Å². The molecule has 2 heterocycles. The van der Waals surface area contributed by atoms with Gasteiger partial charge in [0.2, 0.25) is 5.96 Å². The second-order valence-electron chi connectivity index (χ2n) is 6.40. The number of rotatable bonds is 5. The predicted molar refractivity (Wildman–Crippen MR) is 96.6 cm³/mol. The molecule has 0 aliphatic carbocycles. The normalized spacial score (nSPS) is 17.0. The minimum atomic E-state index is -0.275. The number of aliphatic imine (C=N–C) groups is 1. The van der Waals surface area contributed by atoms with E-state index in [4.69, 9.17) is 0 Å². The SMILES string of the molecule is CC(C)CC(CO)NC1=N/C(=C\c2ccc3nccnc3c2)C(=O)N1. The summed E-state index contributed by atoms with van der Waals surface area (Å²) in [5.41, 5.74) is 2.69. The van der Waals surface area contributed by atoms with Crippen molar-refractivity contribution in [3.05, 3.63) is 41.9 Å². The first-order valence-electron chi connectivity index (χ1n) is 8.25. The molecule has 3 N–H and O–H groups in total. The van der Waals surface area contributed by atoms with Gasteiger partial charge in [-0.2, -0.15) is 0 Å². The van der Waals surface area contributed by atoms with Crippen LogP contribution in [-0.2, 0) is 4.79 Å². The summed E-state index contributed by atoms with van der Waals surface area (Å²) in [6.07, 6.45) is 5.76. The molecule has 0 saturated carbocycles. The van der Waals surface area contributed by atoms with E-state index >= 15 is 0 Å². The molecule has 0 spiro atoms. The van der Waals surface area contributed by atoms with Crippen molar-refractivity contribution in [3.8, 4) is 0 Å². The smallest absolute Gasteiger partial charge is 0.276 e. The standard InChI is InChI=1S/C18H21N5O2/c1-11(2)7-13(10-24)21-18-22-16(17(25)23-18)9-12-3-4-14-15(8-12)20-6-5-19-14/h3-6,8-9,11,13,24H,7,10H2,1-2H3,(H2,21,22,23,25)/b16-9-. The number of aliphatic hydroxyl groups excluding tert-OH is 1. The Morgan fingerprint density at radius 3 is 2.72 bits per heavy atom. The quantitative estimate of drug-likeness (QED) is 0.716. The molecule has 1 aliphatic rings. The monoisotopic (exact) mass is 339 g/mol. The predicted octanol–water partition coefficient (Wildman–Crippen LogP) is 1.45. The molecular formula is C18H21N5O2. The second kappa shape index (κ2) is 7.40. The number of aliphatic hydroxyl groups is 1. The maximum absolute atomic E-state index is 12.1. The van der Waals surface area contributed by atoms with Gasteiger partial charge >= 0.3 is 0 Å². The van der Waals surface area contributed by atoms with E-state index in [-0.39, 0.29) is 18.6 Å². The highest BCUT2D eigenvalue weighted by Gasteiger charge is 2.22. The third-order valence-corrected chi connectivity index (χ3v) is 3.81. The first-order chi connectivity index (χ1) is 12.0. The van der Waals surface area contributed by atoms with E-state index < -0.39 is 0 Å². The van der Waals surface area contributed by atoms with Gasteiger partial charge in [0.15, 0.2) is 0 Å². The summed E-state index contributed by atoms with van der Waals surface area (Å²) in [6, 6.07) is 5.44. The van der Waals surface area contributed by atoms with Gasteiger partial charge in [-0.15, -0.1) is 0 Å². The first-order valence-corrected chi connectivity index (χ1v) is 8.25. The van der Waals surface area contributed by atoms with Crippen molar-refractivity contribution >= 4 is 29.0 Å². The minimum Gasteiger partial charge on any atom is -0.394 e. The van der Waals surface area contributed by atoms with Crippen LogP contribution in [0.5, 0.6) is 0 Å². The lowest BCUT2D eigenvalue weighted by atomic mass is 10.0. The number of hydrogen-bond acceptors (Lipinski definition) is 6. The summed E-state index contributed by atoms with van der Waals surface area (Å²) in [5, 5.41) is 15.2. The minimum absolute atomic E-state index is 0.0184. The van der Waals surface area contributed by atoms with Crippen molar-refractivity contribution in [1.29, 1.82) is 0 Å². The number of nitrogens with zero attached hydrogens (tertiary/aromatic N) is 3. The molecule has 130 valence electrons. The van der Waals surface area contributed by atoms with Crippen molar-refractivity contribution in [2.24, 2.45) is 10.9 Å². The zero-order valence-corrected chi connectivity index (χ0v) is 14.2. The zero-order valence-electron chi connectivity index (χ0n) is 14.2. The van der Waals surface area contributed by atoms with Gasteiger partial charge in [0.25, 0.3) is 5.91 Å². The largest absolute Gasteiger partial charge is 0.394 e. The van der Waals surface area contributed by atoms with Crippen LogP contribution >= 0.6 is 0 Å². The van der Waals surface area contributed by atoms with Gasteiger partial charge in [0, 0.05) is 12.4 Å². The molecule has 1 atom stereocenters. The highest BCUT2D eigenvalue weighted by molar-refractivity contribution is 6.13. The Kier molecular flexibility index (Phi) is 5.04. The lowest BCUT2D eigenvalue weighted by Gasteiger charge is -2.18. The van der Waals surface area contributed by atoms with Crippen LogP contribution in [0.25, 0.3) is 17.1 Å². The molecule has 0 fully saturated rings. The molecule has 7 heteroatoms. The summed E-state index contributed by atoms with van der Waals surface area (Å²) in [5.74, 6) is 0.524. The summed E-state index contributed by atoms with van der Waals surface area (Å²) in [6.45, 7) is 4.14. The number of guanidine groups is 1. The second-order valence-corrected chi connectivity index (χ2v) is 6.40. The van der Waals surface area contributed by atoms with E-state index in [1.807, 2.05) is 18.2 Å². The van der Waals surface area contributed by atoms with E-state index in [0.29, 0.717) is 17.6 Å². The van der Waals surface area contributed by atoms with Gasteiger partial charge in [0.1, 0.15) is 5.70 Å². The maximum Gasteiger partial charge on any atom is 0.276 e. The van der Waals surface area contributed by atoms with Crippen molar-refractivity contribution in [2.75, 3.05) is 6.61 Å². The Balaban J connectivity index is 1.79. The lowest BCUT2D eigenvalue weighted by molar-refractivity contribution is -0.115. The molecule has 1 aromatic heterocycles. The average molecular weight is 339 g/mol. The Morgan fingerprint density at radius 1 is 1.24 bits per heavy atom. The van der Waals surface area contributed by atoms with Crippen LogP contribution in [0.2, 0.25) is 0 Å². The van der Waals surface area contributed by atoms with E-state index in [1.165, 1.54) is 0 Å². The number of benzene rings is 1. The average Bonchev–Trinajstić information content (AvgIpc) is 2.93. The molecule has 0 saturated heterocycles. The molecule has 1 aromatic carbocycles. The Labute approximate surface area is 145 Å². The Bertz CT molecular complexity index is 844. The van der Waals surface area contributed by atoms with Crippen LogP contribution in [0.15, 0.2) is 41.3 Å². The van der Waals surface area contributed by atoms with Gasteiger partial charge in [-0.05, 0) is 36.1 Å². The van der Waals surface area contributed by atoms with Gasteiger partial charge in [-0.1, -0.05) is 19.9 Å². The molecule has 25 heavy (non-hydrogen) atoms. The van der Waals surface area contributed by atoms with E-state index in [1.54, 1.807) is 18.5 Å². The van der Waals surface area contributed by atoms with Crippen molar-refractivity contribution < 1.29 is 9.90 Å². The van der Waals surface area contributed by atoms with Gasteiger partial charge in [0.05, 0.1) is 23.7 Å². The van der Waals surface area contributed by atoms with Crippen molar-refractivity contribution in [3.63, 3.8) is 0 Å². The summed E-state index contributed by atoms with van der Waals surface area (Å²) >= 11 is 0. The van der Waals surface area contributed by atoms with Crippen LogP contribution in [-0.4, -0.2) is 39.6 Å². The van der Waals surface area contributed by atoms with Crippen LogP contribution in [0.3, 0.4) is 0 Å². The molecule has 0 radical (unpaired) electrons. The number of carbonyl (C=O) groups is 1.